The van der Waals surface area contributed by atoms with E-state index in [1.165, 1.54) is 0 Å². The number of fused-ring (bicyclic) bond motifs is 1. The second-order valence-electron chi connectivity index (χ2n) is 5.52. The van der Waals surface area contributed by atoms with Crippen LogP contribution in [0.1, 0.15) is 24.3 Å². The average molecular weight is 338 g/mol. The van der Waals surface area contributed by atoms with E-state index in [2.05, 4.69) is 9.97 Å². The molecule has 0 aliphatic rings. The molecule has 1 heterocycles. The van der Waals surface area contributed by atoms with Gasteiger partial charge in [0.25, 0.3) is 0 Å². The smallest absolute Gasteiger partial charge is 0.310 e. The highest BCUT2D eigenvalue weighted by Crippen LogP contribution is 2.27. The summed E-state index contributed by atoms with van der Waals surface area (Å²) in [6.07, 6.45) is 4.83. The summed E-state index contributed by atoms with van der Waals surface area (Å²) in [6, 6.07) is 15.7. The van der Waals surface area contributed by atoms with Gasteiger partial charge in [-0.15, -0.1) is 0 Å². The minimum absolute atomic E-state index is 0.480. The Hall–Kier alpha value is -2.40. The molecule has 1 unspecified atom stereocenters. The van der Waals surface area contributed by atoms with Gasteiger partial charge in [-0.3, -0.25) is 4.79 Å². The lowest BCUT2D eigenvalue weighted by atomic mass is 9.93. The van der Waals surface area contributed by atoms with Gasteiger partial charge in [0.1, 0.15) is 0 Å². The third-order valence-corrected chi connectivity index (χ3v) is 4.85. The average Bonchev–Trinajstić information content (AvgIpc) is 2.62. The van der Waals surface area contributed by atoms with E-state index in [-0.39, 0.29) is 0 Å². The van der Waals surface area contributed by atoms with Crippen LogP contribution in [-0.4, -0.2) is 26.8 Å². The molecule has 4 nitrogen and oxygen atoms in total. The number of carboxylic acid groups (broad SMARTS) is 1. The standard InChI is InChI=1S/C19H18N2O2S/c22-18(23)17(7-3-12-24-19-20-10-4-11-21-19)16-9-8-14-5-1-2-6-15(14)13-16/h1-2,4-6,8-11,13,17H,3,7,12H2,(H,22,23). The van der Waals surface area contributed by atoms with Crippen molar-refractivity contribution >= 4 is 28.5 Å². The molecule has 3 aromatic rings. The summed E-state index contributed by atoms with van der Waals surface area (Å²) in [7, 11) is 0. The fourth-order valence-electron chi connectivity index (χ4n) is 2.67. The van der Waals surface area contributed by atoms with Crippen molar-refractivity contribution in [3.8, 4) is 0 Å². The van der Waals surface area contributed by atoms with Gasteiger partial charge in [0.15, 0.2) is 5.16 Å². The summed E-state index contributed by atoms with van der Waals surface area (Å²) >= 11 is 1.56. The van der Waals surface area contributed by atoms with Crippen molar-refractivity contribution in [2.24, 2.45) is 0 Å². The number of benzene rings is 2. The van der Waals surface area contributed by atoms with Crippen LogP contribution in [0, 0.1) is 0 Å². The molecule has 2 aromatic carbocycles. The van der Waals surface area contributed by atoms with E-state index >= 15 is 0 Å². The summed E-state index contributed by atoms with van der Waals surface area (Å²) in [6.45, 7) is 0. The first-order chi connectivity index (χ1) is 11.7. The van der Waals surface area contributed by atoms with E-state index in [4.69, 9.17) is 0 Å². The third-order valence-electron chi connectivity index (χ3n) is 3.88. The first-order valence-corrected chi connectivity index (χ1v) is 8.84. The van der Waals surface area contributed by atoms with Crippen molar-refractivity contribution in [2.75, 3.05) is 5.75 Å². The number of aromatic nitrogens is 2. The Morgan fingerprint density at radius 3 is 2.54 bits per heavy atom. The summed E-state index contributed by atoms with van der Waals surface area (Å²) < 4.78 is 0. The predicted octanol–water partition coefficient (Wildman–Crippen LogP) is 4.37. The van der Waals surface area contributed by atoms with Crippen molar-refractivity contribution < 1.29 is 9.90 Å². The number of hydrogen-bond donors (Lipinski definition) is 1. The van der Waals surface area contributed by atoms with Crippen LogP contribution in [0.5, 0.6) is 0 Å². The molecule has 0 saturated heterocycles. The Bertz CT molecular complexity index is 824. The van der Waals surface area contributed by atoms with E-state index < -0.39 is 11.9 Å². The Labute approximate surface area is 145 Å². The van der Waals surface area contributed by atoms with Gasteiger partial charge in [-0.1, -0.05) is 54.2 Å². The number of aliphatic carboxylic acids is 1. The molecule has 0 saturated carbocycles. The molecular weight excluding hydrogens is 320 g/mol. The molecule has 3 rings (SSSR count). The molecule has 0 fully saturated rings. The van der Waals surface area contributed by atoms with E-state index in [0.717, 1.165) is 33.7 Å². The number of rotatable bonds is 7. The number of hydrogen-bond acceptors (Lipinski definition) is 4. The molecule has 0 amide bonds. The molecule has 0 bridgehead atoms. The number of nitrogens with zero attached hydrogens (tertiary/aromatic N) is 2. The van der Waals surface area contributed by atoms with Crippen LogP contribution in [-0.2, 0) is 4.79 Å². The molecule has 0 spiro atoms. The maximum absolute atomic E-state index is 11.7. The van der Waals surface area contributed by atoms with Crippen molar-refractivity contribution in [1.82, 2.24) is 9.97 Å². The first-order valence-electron chi connectivity index (χ1n) is 7.85. The Morgan fingerprint density at radius 1 is 1.04 bits per heavy atom. The second-order valence-corrected chi connectivity index (χ2v) is 6.58. The van der Waals surface area contributed by atoms with Crippen LogP contribution in [0.2, 0.25) is 0 Å². The fraction of sp³-hybridized carbons (Fsp3) is 0.211. The Kier molecular flexibility index (Phi) is 5.43. The van der Waals surface area contributed by atoms with E-state index in [0.29, 0.717) is 6.42 Å². The maximum atomic E-state index is 11.7. The minimum atomic E-state index is -0.772. The Balaban J connectivity index is 1.64. The molecule has 0 radical (unpaired) electrons. The van der Waals surface area contributed by atoms with Gasteiger partial charge in [0, 0.05) is 18.1 Å². The lowest BCUT2D eigenvalue weighted by Gasteiger charge is -2.13. The second kappa shape index (κ2) is 7.93. The zero-order chi connectivity index (χ0) is 16.8. The highest BCUT2D eigenvalue weighted by molar-refractivity contribution is 7.99. The number of carboxylic acids is 1. The molecule has 1 aromatic heterocycles. The van der Waals surface area contributed by atoms with Crippen LogP contribution in [0.4, 0.5) is 0 Å². The summed E-state index contributed by atoms with van der Waals surface area (Å²) in [4.78, 5) is 20.0. The van der Waals surface area contributed by atoms with Gasteiger partial charge >= 0.3 is 5.97 Å². The van der Waals surface area contributed by atoms with Crippen LogP contribution < -0.4 is 0 Å². The SMILES string of the molecule is O=C(O)C(CCCSc1ncccn1)c1ccc2ccccc2c1. The van der Waals surface area contributed by atoms with Crippen LogP contribution in [0.25, 0.3) is 10.8 Å². The van der Waals surface area contributed by atoms with E-state index in [1.807, 2.05) is 42.5 Å². The normalized spacial score (nSPS) is 12.2. The highest BCUT2D eigenvalue weighted by Gasteiger charge is 2.19. The van der Waals surface area contributed by atoms with Crippen molar-refractivity contribution in [2.45, 2.75) is 23.9 Å². The molecular formula is C19H18N2O2S. The largest absolute Gasteiger partial charge is 0.481 e. The zero-order valence-electron chi connectivity index (χ0n) is 13.1. The first kappa shape index (κ1) is 16.5. The van der Waals surface area contributed by atoms with Gasteiger partial charge in [-0.05, 0) is 35.2 Å². The van der Waals surface area contributed by atoms with Gasteiger partial charge < -0.3 is 5.11 Å². The quantitative estimate of drug-likeness (QED) is 0.394. The minimum Gasteiger partial charge on any atom is -0.481 e. The molecule has 0 aliphatic heterocycles. The third kappa shape index (κ3) is 4.11. The molecule has 1 N–H and O–H groups in total. The Morgan fingerprint density at radius 2 is 1.79 bits per heavy atom. The van der Waals surface area contributed by atoms with Crippen LogP contribution >= 0.6 is 11.8 Å². The van der Waals surface area contributed by atoms with Crippen LogP contribution in [0.3, 0.4) is 0 Å². The van der Waals surface area contributed by atoms with Crippen molar-refractivity contribution in [3.05, 3.63) is 66.5 Å². The zero-order valence-corrected chi connectivity index (χ0v) is 13.9. The molecule has 0 aliphatic carbocycles. The summed E-state index contributed by atoms with van der Waals surface area (Å²) in [5.74, 6) is -0.445. The number of carbonyl (C=O) groups is 1. The maximum Gasteiger partial charge on any atom is 0.310 e. The van der Waals surface area contributed by atoms with E-state index in [1.54, 1.807) is 30.2 Å². The summed E-state index contributed by atoms with van der Waals surface area (Å²) in [5.41, 5.74) is 0.863. The number of thioether (sulfide) groups is 1. The van der Waals surface area contributed by atoms with Gasteiger partial charge in [-0.2, -0.15) is 0 Å². The summed E-state index contributed by atoms with van der Waals surface area (Å²) in [5, 5.41) is 12.5. The highest BCUT2D eigenvalue weighted by atomic mass is 32.2. The van der Waals surface area contributed by atoms with Crippen LogP contribution in [0.15, 0.2) is 66.1 Å². The van der Waals surface area contributed by atoms with E-state index in [9.17, 15) is 9.90 Å². The predicted molar refractivity (Wildman–Crippen MR) is 96.3 cm³/mol. The lowest BCUT2D eigenvalue weighted by Crippen LogP contribution is -2.12. The molecule has 24 heavy (non-hydrogen) atoms. The van der Waals surface area contributed by atoms with Crippen molar-refractivity contribution in [1.29, 1.82) is 0 Å². The lowest BCUT2D eigenvalue weighted by molar-refractivity contribution is -0.139. The van der Waals surface area contributed by atoms with Gasteiger partial charge in [0.05, 0.1) is 5.92 Å². The van der Waals surface area contributed by atoms with Crippen molar-refractivity contribution in [3.63, 3.8) is 0 Å². The monoisotopic (exact) mass is 338 g/mol. The fourth-order valence-corrected chi connectivity index (χ4v) is 3.43. The molecule has 5 heteroatoms. The van der Waals surface area contributed by atoms with Gasteiger partial charge in [-0.25, -0.2) is 9.97 Å². The molecule has 1 atom stereocenters. The molecule has 122 valence electrons. The topological polar surface area (TPSA) is 63.1 Å². The van der Waals surface area contributed by atoms with Gasteiger partial charge in [0.2, 0.25) is 0 Å².